The Labute approximate surface area is 120 Å². The van der Waals surface area contributed by atoms with Gasteiger partial charge in [0, 0.05) is 24.8 Å². The van der Waals surface area contributed by atoms with Gasteiger partial charge in [-0.2, -0.15) is 0 Å². The Balaban J connectivity index is 1.73. The van der Waals surface area contributed by atoms with Gasteiger partial charge in [-0.15, -0.1) is 0 Å². The molecule has 2 heterocycles. The Bertz CT molecular complexity index is 445. The maximum atomic E-state index is 5.27. The Morgan fingerprint density at radius 2 is 1.06 bits per heavy atom. The Kier molecular flexibility index (Phi) is 4.82. The van der Waals surface area contributed by atoms with Crippen LogP contribution in [0.4, 0.5) is 0 Å². The Morgan fingerprint density at radius 1 is 0.722 bits per heavy atom. The molecular weight excluding hydrogens is 368 g/mol. The lowest BCUT2D eigenvalue weighted by atomic mass is 10.7. The highest BCUT2D eigenvalue weighted by Crippen LogP contribution is 2.09. The van der Waals surface area contributed by atoms with E-state index in [0.29, 0.717) is 25.2 Å². The minimum absolute atomic E-state index is 0.304. The second-order valence-electron chi connectivity index (χ2n) is 3.06. The summed E-state index contributed by atoms with van der Waals surface area (Å²) in [5, 5.41) is 0. The number of halogens is 2. The van der Waals surface area contributed by atoms with Gasteiger partial charge in [-0.05, 0) is 31.9 Å². The van der Waals surface area contributed by atoms with Crippen LogP contribution in [-0.4, -0.2) is 33.1 Å². The van der Waals surface area contributed by atoms with Crippen molar-refractivity contribution in [2.75, 3.05) is 13.2 Å². The summed E-state index contributed by atoms with van der Waals surface area (Å²) in [5.41, 5.74) is 0. The number of hydrogen-bond donors (Lipinski definition) is 0. The summed E-state index contributed by atoms with van der Waals surface area (Å²) in [6, 6.07) is 0.608. The van der Waals surface area contributed by atoms with E-state index in [1.807, 2.05) is 0 Å². The highest BCUT2D eigenvalue weighted by Gasteiger charge is 1.99. The standard InChI is InChI=1S/C10H8Br2N4O2/c11-7-3-13-9(14-4-7)17-1-2-18-10-15-5-8(12)6-16-10/h3-6H,1-2H2. The SMILES string of the molecule is Brc1cnc(OCCOc2ncc(Br)cn2)nc1. The lowest BCUT2D eigenvalue weighted by molar-refractivity contribution is 0.196. The van der Waals surface area contributed by atoms with Crippen LogP contribution in [0.2, 0.25) is 0 Å². The maximum absolute atomic E-state index is 5.27. The second kappa shape index (κ2) is 6.60. The third-order valence-electron chi connectivity index (χ3n) is 1.74. The van der Waals surface area contributed by atoms with Crippen LogP contribution in [0, 0.1) is 0 Å². The average molecular weight is 376 g/mol. The zero-order chi connectivity index (χ0) is 12.8. The van der Waals surface area contributed by atoms with E-state index in [9.17, 15) is 0 Å². The molecule has 0 saturated heterocycles. The van der Waals surface area contributed by atoms with Crippen LogP contribution in [0.5, 0.6) is 12.0 Å². The third-order valence-corrected chi connectivity index (χ3v) is 2.56. The van der Waals surface area contributed by atoms with Crippen LogP contribution in [-0.2, 0) is 0 Å². The van der Waals surface area contributed by atoms with Crippen LogP contribution in [0.3, 0.4) is 0 Å². The smallest absolute Gasteiger partial charge is 0.316 e. The van der Waals surface area contributed by atoms with Crippen LogP contribution in [0.25, 0.3) is 0 Å². The first-order valence-corrected chi connectivity index (χ1v) is 6.53. The zero-order valence-electron chi connectivity index (χ0n) is 9.08. The fraction of sp³-hybridized carbons (Fsp3) is 0.200. The van der Waals surface area contributed by atoms with E-state index >= 15 is 0 Å². The first-order chi connectivity index (χ1) is 8.74. The van der Waals surface area contributed by atoms with Crippen LogP contribution in [0.1, 0.15) is 0 Å². The molecule has 2 aromatic heterocycles. The van der Waals surface area contributed by atoms with Crippen molar-refractivity contribution < 1.29 is 9.47 Å². The summed E-state index contributed by atoms with van der Waals surface area (Å²) < 4.78 is 12.1. The highest BCUT2D eigenvalue weighted by molar-refractivity contribution is 9.10. The van der Waals surface area contributed by atoms with Crippen molar-refractivity contribution in [1.82, 2.24) is 19.9 Å². The van der Waals surface area contributed by atoms with Gasteiger partial charge in [0.2, 0.25) is 0 Å². The molecular formula is C10H8Br2N4O2. The van der Waals surface area contributed by atoms with Gasteiger partial charge in [0.05, 0.1) is 8.95 Å². The third kappa shape index (κ3) is 4.19. The van der Waals surface area contributed by atoms with Crippen LogP contribution in [0.15, 0.2) is 33.7 Å². The summed E-state index contributed by atoms with van der Waals surface area (Å²) in [6.07, 6.45) is 6.45. The topological polar surface area (TPSA) is 70.0 Å². The molecule has 0 aromatic carbocycles. The fourth-order valence-electron chi connectivity index (χ4n) is 1.02. The van der Waals surface area contributed by atoms with Gasteiger partial charge in [0.15, 0.2) is 0 Å². The largest absolute Gasteiger partial charge is 0.460 e. The van der Waals surface area contributed by atoms with Crippen LogP contribution < -0.4 is 9.47 Å². The van der Waals surface area contributed by atoms with Crippen molar-refractivity contribution in [3.8, 4) is 12.0 Å². The van der Waals surface area contributed by atoms with Crippen molar-refractivity contribution in [2.24, 2.45) is 0 Å². The summed E-state index contributed by atoms with van der Waals surface area (Å²) in [6.45, 7) is 0.641. The first-order valence-electron chi connectivity index (χ1n) is 4.95. The zero-order valence-corrected chi connectivity index (χ0v) is 12.3. The molecule has 0 aliphatic heterocycles. The minimum Gasteiger partial charge on any atom is -0.460 e. The average Bonchev–Trinajstić information content (AvgIpc) is 2.39. The van der Waals surface area contributed by atoms with E-state index in [2.05, 4.69) is 51.8 Å². The predicted octanol–water partition coefficient (Wildman–Crippen LogP) is 2.25. The molecule has 18 heavy (non-hydrogen) atoms. The van der Waals surface area contributed by atoms with E-state index in [4.69, 9.17) is 9.47 Å². The lowest BCUT2D eigenvalue weighted by Gasteiger charge is -2.05. The van der Waals surface area contributed by atoms with Gasteiger partial charge in [-0.3, -0.25) is 0 Å². The maximum Gasteiger partial charge on any atom is 0.316 e. The quantitative estimate of drug-likeness (QED) is 0.746. The van der Waals surface area contributed by atoms with E-state index in [1.54, 1.807) is 24.8 Å². The fourth-order valence-corrected chi connectivity index (χ4v) is 1.43. The molecule has 0 radical (unpaired) electrons. The molecule has 2 aromatic rings. The molecule has 0 atom stereocenters. The van der Waals surface area contributed by atoms with E-state index in [-0.39, 0.29) is 0 Å². The van der Waals surface area contributed by atoms with Crippen LogP contribution >= 0.6 is 31.9 Å². The van der Waals surface area contributed by atoms with Gasteiger partial charge in [-0.25, -0.2) is 19.9 Å². The molecule has 0 unspecified atom stereocenters. The van der Waals surface area contributed by atoms with Gasteiger partial charge < -0.3 is 9.47 Å². The highest BCUT2D eigenvalue weighted by atomic mass is 79.9. The van der Waals surface area contributed by atoms with E-state index in [0.717, 1.165) is 8.95 Å². The van der Waals surface area contributed by atoms with E-state index in [1.165, 1.54) is 0 Å². The van der Waals surface area contributed by atoms with Gasteiger partial charge >= 0.3 is 12.0 Å². The van der Waals surface area contributed by atoms with Crippen molar-refractivity contribution in [2.45, 2.75) is 0 Å². The molecule has 6 nitrogen and oxygen atoms in total. The molecule has 0 saturated carbocycles. The van der Waals surface area contributed by atoms with Gasteiger partial charge in [0.1, 0.15) is 13.2 Å². The van der Waals surface area contributed by atoms with Gasteiger partial charge in [-0.1, -0.05) is 0 Å². The summed E-state index contributed by atoms with van der Waals surface area (Å²) in [4.78, 5) is 15.8. The molecule has 0 aliphatic carbocycles. The Morgan fingerprint density at radius 3 is 1.39 bits per heavy atom. The number of hydrogen-bond acceptors (Lipinski definition) is 6. The predicted molar refractivity (Wildman–Crippen MR) is 70.5 cm³/mol. The number of rotatable bonds is 5. The molecule has 0 aliphatic rings. The van der Waals surface area contributed by atoms with Crippen molar-refractivity contribution in [3.63, 3.8) is 0 Å². The molecule has 0 bridgehead atoms. The molecule has 0 spiro atoms. The first kappa shape index (κ1) is 13.2. The van der Waals surface area contributed by atoms with E-state index < -0.39 is 0 Å². The molecule has 0 amide bonds. The molecule has 94 valence electrons. The van der Waals surface area contributed by atoms with Crippen molar-refractivity contribution in [3.05, 3.63) is 33.7 Å². The molecule has 0 N–H and O–H groups in total. The van der Waals surface area contributed by atoms with Crippen molar-refractivity contribution >= 4 is 31.9 Å². The lowest BCUT2D eigenvalue weighted by Crippen LogP contribution is -2.11. The number of nitrogens with zero attached hydrogens (tertiary/aromatic N) is 4. The molecule has 8 heteroatoms. The minimum atomic E-state index is 0.304. The molecule has 2 rings (SSSR count). The molecule has 0 fully saturated rings. The normalized spacial score (nSPS) is 10.1. The summed E-state index contributed by atoms with van der Waals surface area (Å²) >= 11 is 6.48. The number of ether oxygens (including phenoxy) is 2. The number of aromatic nitrogens is 4. The Hall–Kier alpha value is -1.28. The van der Waals surface area contributed by atoms with Gasteiger partial charge in [0.25, 0.3) is 0 Å². The summed E-state index contributed by atoms with van der Waals surface area (Å²) in [5.74, 6) is 0. The monoisotopic (exact) mass is 374 g/mol. The summed E-state index contributed by atoms with van der Waals surface area (Å²) in [7, 11) is 0. The van der Waals surface area contributed by atoms with Crippen molar-refractivity contribution in [1.29, 1.82) is 0 Å². The second-order valence-corrected chi connectivity index (χ2v) is 4.90.